The fourth-order valence-corrected chi connectivity index (χ4v) is 2.94. The van der Waals surface area contributed by atoms with Gasteiger partial charge in [-0.25, -0.2) is 0 Å². The van der Waals surface area contributed by atoms with E-state index in [4.69, 9.17) is 27.9 Å². The smallest absolute Gasteiger partial charge is 0.260 e. The Morgan fingerprint density at radius 3 is 2.76 bits per heavy atom. The van der Waals surface area contributed by atoms with Crippen molar-refractivity contribution in [2.45, 2.75) is 44.1 Å². The predicted octanol–water partition coefficient (Wildman–Crippen LogP) is 4.02. The normalized spacial score (nSPS) is 23.4. The summed E-state index contributed by atoms with van der Waals surface area (Å²) in [4.78, 5) is 12.0. The summed E-state index contributed by atoms with van der Waals surface area (Å²) in [5.41, 5.74) is 0. The zero-order valence-corrected chi connectivity index (χ0v) is 13.7. The molecule has 1 aliphatic rings. The standard InChI is InChI=1S/C16H21Cl2NO2/c1-11(21-15-4-2-3-14(18)9-15)16(20)19-10-12-5-7-13(17)8-6-12/h2-4,9,11-13H,5-8,10H2,1H3,(H,19,20). The van der Waals surface area contributed by atoms with Gasteiger partial charge in [0.15, 0.2) is 6.10 Å². The molecule has 1 aromatic rings. The quantitative estimate of drug-likeness (QED) is 0.828. The summed E-state index contributed by atoms with van der Waals surface area (Å²) in [6.07, 6.45) is 3.70. The molecule has 2 rings (SSSR count). The number of alkyl halides is 1. The van der Waals surface area contributed by atoms with E-state index in [9.17, 15) is 4.79 Å². The monoisotopic (exact) mass is 329 g/mol. The van der Waals surface area contributed by atoms with Crippen molar-refractivity contribution in [3.8, 4) is 5.75 Å². The van der Waals surface area contributed by atoms with Gasteiger partial charge in [0.1, 0.15) is 5.75 Å². The molecule has 116 valence electrons. The number of carbonyl (C=O) groups is 1. The topological polar surface area (TPSA) is 38.3 Å². The van der Waals surface area contributed by atoms with E-state index in [1.165, 1.54) is 0 Å². The molecule has 1 atom stereocenters. The van der Waals surface area contributed by atoms with Crippen LogP contribution in [0.15, 0.2) is 24.3 Å². The average Bonchev–Trinajstić information content (AvgIpc) is 2.46. The Morgan fingerprint density at radius 1 is 1.38 bits per heavy atom. The highest BCUT2D eigenvalue weighted by Gasteiger charge is 2.21. The van der Waals surface area contributed by atoms with Crippen LogP contribution in [0.3, 0.4) is 0 Å². The molecule has 1 amide bonds. The van der Waals surface area contributed by atoms with Crippen molar-refractivity contribution in [1.29, 1.82) is 0 Å². The lowest BCUT2D eigenvalue weighted by atomic mass is 9.89. The molecule has 1 fully saturated rings. The van der Waals surface area contributed by atoms with E-state index >= 15 is 0 Å². The van der Waals surface area contributed by atoms with Crippen LogP contribution in [0, 0.1) is 5.92 Å². The van der Waals surface area contributed by atoms with E-state index in [0.717, 1.165) is 25.7 Å². The highest BCUT2D eigenvalue weighted by molar-refractivity contribution is 6.30. The van der Waals surface area contributed by atoms with Crippen molar-refractivity contribution in [1.82, 2.24) is 5.32 Å². The molecule has 0 spiro atoms. The molecule has 5 heteroatoms. The van der Waals surface area contributed by atoms with Gasteiger partial charge in [-0.3, -0.25) is 4.79 Å². The number of benzene rings is 1. The number of carbonyl (C=O) groups excluding carboxylic acids is 1. The van der Waals surface area contributed by atoms with Crippen LogP contribution in [0.25, 0.3) is 0 Å². The first-order valence-corrected chi connectivity index (χ1v) is 8.20. The van der Waals surface area contributed by atoms with E-state index < -0.39 is 6.10 Å². The summed E-state index contributed by atoms with van der Waals surface area (Å²) in [5, 5.41) is 3.86. The summed E-state index contributed by atoms with van der Waals surface area (Å²) >= 11 is 12.0. The van der Waals surface area contributed by atoms with Gasteiger partial charge in [0.2, 0.25) is 0 Å². The van der Waals surface area contributed by atoms with Gasteiger partial charge in [-0.05, 0) is 56.7 Å². The maximum Gasteiger partial charge on any atom is 0.260 e. The number of rotatable bonds is 5. The Bertz CT molecular complexity index is 473. The molecule has 1 aliphatic carbocycles. The van der Waals surface area contributed by atoms with Crippen molar-refractivity contribution in [3.63, 3.8) is 0 Å². The molecule has 1 unspecified atom stereocenters. The number of hydrogen-bond donors (Lipinski definition) is 1. The van der Waals surface area contributed by atoms with Crippen molar-refractivity contribution in [2.24, 2.45) is 5.92 Å². The van der Waals surface area contributed by atoms with Crippen LogP contribution in [0.5, 0.6) is 5.75 Å². The molecular weight excluding hydrogens is 309 g/mol. The third kappa shape index (κ3) is 5.40. The number of hydrogen-bond acceptors (Lipinski definition) is 2. The number of nitrogens with one attached hydrogen (secondary N) is 1. The average molecular weight is 330 g/mol. The Morgan fingerprint density at radius 2 is 2.10 bits per heavy atom. The fraction of sp³-hybridized carbons (Fsp3) is 0.562. The molecule has 0 bridgehead atoms. The van der Waals surface area contributed by atoms with Gasteiger partial charge in [-0.1, -0.05) is 17.7 Å². The van der Waals surface area contributed by atoms with Crippen molar-refractivity contribution in [3.05, 3.63) is 29.3 Å². The van der Waals surface area contributed by atoms with Crippen LogP contribution in [-0.2, 0) is 4.79 Å². The SMILES string of the molecule is CC(Oc1cccc(Cl)c1)C(=O)NCC1CCC(Cl)CC1. The van der Waals surface area contributed by atoms with Crippen LogP contribution < -0.4 is 10.1 Å². The first-order valence-electron chi connectivity index (χ1n) is 7.38. The second-order valence-corrected chi connectivity index (χ2v) is 6.63. The van der Waals surface area contributed by atoms with E-state index in [2.05, 4.69) is 5.32 Å². The van der Waals surface area contributed by atoms with E-state index in [0.29, 0.717) is 28.6 Å². The highest BCUT2D eigenvalue weighted by atomic mass is 35.5. The molecule has 1 saturated carbocycles. The Balaban J connectivity index is 1.75. The van der Waals surface area contributed by atoms with Gasteiger partial charge in [-0.2, -0.15) is 0 Å². The largest absolute Gasteiger partial charge is 0.481 e. The fourth-order valence-electron chi connectivity index (χ4n) is 2.51. The predicted molar refractivity (Wildman–Crippen MR) is 86.2 cm³/mol. The molecule has 0 aliphatic heterocycles. The third-order valence-electron chi connectivity index (χ3n) is 3.82. The van der Waals surface area contributed by atoms with Crippen molar-refractivity contribution >= 4 is 29.1 Å². The molecule has 3 nitrogen and oxygen atoms in total. The lowest BCUT2D eigenvalue weighted by Gasteiger charge is -2.25. The molecule has 1 aromatic carbocycles. The minimum atomic E-state index is -0.534. The van der Waals surface area contributed by atoms with Gasteiger partial charge < -0.3 is 10.1 Å². The zero-order valence-electron chi connectivity index (χ0n) is 12.1. The van der Waals surface area contributed by atoms with Gasteiger partial charge >= 0.3 is 0 Å². The van der Waals surface area contributed by atoms with Crippen LogP contribution in [0.4, 0.5) is 0 Å². The van der Waals surface area contributed by atoms with E-state index in [1.807, 2.05) is 0 Å². The highest BCUT2D eigenvalue weighted by Crippen LogP contribution is 2.27. The molecule has 0 heterocycles. The molecule has 0 radical (unpaired) electrons. The first kappa shape index (κ1) is 16.4. The molecular formula is C16H21Cl2NO2. The minimum absolute atomic E-state index is 0.0945. The molecule has 1 N–H and O–H groups in total. The molecule has 21 heavy (non-hydrogen) atoms. The van der Waals surface area contributed by atoms with Crippen LogP contribution in [0.1, 0.15) is 32.6 Å². The lowest BCUT2D eigenvalue weighted by Crippen LogP contribution is -2.39. The van der Waals surface area contributed by atoms with E-state index in [1.54, 1.807) is 31.2 Å². The summed E-state index contributed by atoms with van der Waals surface area (Å²) in [6.45, 7) is 2.44. The van der Waals surface area contributed by atoms with Crippen molar-refractivity contribution < 1.29 is 9.53 Å². The number of amides is 1. The maximum absolute atomic E-state index is 12.0. The summed E-state index contributed by atoms with van der Waals surface area (Å²) < 4.78 is 5.60. The molecule has 0 saturated heterocycles. The summed E-state index contributed by atoms with van der Waals surface area (Å²) in [6, 6.07) is 7.06. The van der Waals surface area contributed by atoms with Gasteiger partial charge in [0.25, 0.3) is 5.91 Å². The Hall–Kier alpha value is -0.930. The number of ether oxygens (including phenoxy) is 1. The second kappa shape index (κ2) is 7.90. The number of halogens is 2. The Kier molecular flexibility index (Phi) is 6.19. The lowest BCUT2D eigenvalue weighted by molar-refractivity contribution is -0.127. The van der Waals surface area contributed by atoms with Crippen LogP contribution in [-0.4, -0.2) is 23.9 Å². The van der Waals surface area contributed by atoms with Crippen LogP contribution in [0.2, 0.25) is 5.02 Å². The van der Waals surface area contributed by atoms with Gasteiger partial charge in [0.05, 0.1) is 0 Å². The zero-order chi connectivity index (χ0) is 15.2. The van der Waals surface area contributed by atoms with Crippen molar-refractivity contribution in [2.75, 3.05) is 6.54 Å². The Labute approximate surface area is 136 Å². The van der Waals surface area contributed by atoms with Gasteiger partial charge in [0, 0.05) is 16.9 Å². The first-order chi connectivity index (χ1) is 10.0. The van der Waals surface area contributed by atoms with E-state index in [-0.39, 0.29) is 5.91 Å². The maximum atomic E-state index is 12.0. The molecule has 0 aromatic heterocycles. The van der Waals surface area contributed by atoms with Gasteiger partial charge in [-0.15, -0.1) is 11.6 Å². The third-order valence-corrected chi connectivity index (χ3v) is 4.49. The summed E-state index contributed by atoms with van der Waals surface area (Å²) in [5.74, 6) is 1.04. The minimum Gasteiger partial charge on any atom is -0.481 e. The van der Waals surface area contributed by atoms with Crippen LogP contribution >= 0.6 is 23.2 Å². The summed E-state index contributed by atoms with van der Waals surface area (Å²) in [7, 11) is 0. The second-order valence-electron chi connectivity index (χ2n) is 5.58.